The molecular formula is C14H13ClF3N3O2. The van der Waals surface area contributed by atoms with Gasteiger partial charge in [-0.2, -0.15) is 13.2 Å². The van der Waals surface area contributed by atoms with Crippen LogP contribution in [0, 0.1) is 5.92 Å². The number of urea groups is 1. The third-order valence-corrected chi connectivity index (χ3v) is 3.62. The normalized spacial score (nSPS) is 18.3. The molecule has 0 saturated heterocycles. The summed E-state index contributed by atoms with van der Waals surface area (Å²) >= 11 is 5.72. The van der Waals surface area contributed by atoms with Crippen molar-refractivity contribution in [3.8, 4) is 0 Å². The first-order chi connectivity index (χ1) is 10.7. The molecule has 3 amide bonds. The fourth-order valence-corrected chi connectivity index (χ4v) is 2.34. The molecule has 1 aliphatic rings. The van der Waals surface area contributed by atoms with Gasteiger partial charge >= 0.3 is 12.2 Å². The Kier molecular flexibility index (Phi) is 4.84. The van der Waals surface area contributed by atoms with E-state index in [1.165, 1.54) is 0 Å². The Hall–Kier alpha value is -2.22. The number of hydrogen-bond donors (Lipinski definition) is 2. The smallest absolute Gasteiger partial charge is 0.366 e. The zero-order chi connectivity index (χ0) is 17.2. The molecule has 0 fully saturated rings. The summed E-state index contributed by atoms with van der Waals surface area (Å²) in [6.45, 7) is -0.180. The predicted octanol–water partition coefficient (Wildman–Crippen LogP) is 3.13. The molecule has 0 radical (unpaired) electrons. The summed E-state index contributed by atoms with van der Waals surface area (Å²) in [5, 5.41) is 2.98. The second kappa shape index (κ2) is 6.49. The van der Waals surface area contributed by atoms with Gasteiger partial charge in [-0.25, -0.2) is 4.79 Å². The van der Waals surface area contributed by atoms with Crippen molar-refractivity contribution >= 4 is 29.2 Å². The number of nitrogens with two attached hydrogens (primary N) is 1. The van der Waals surface area contributed by atoms with Crippen LogP contribution in [0.4, 0.5) is 23.7 Å². The fourth-order valence-electron chi connectivity index (χ4n) is 2.21. The van der Waals surface area contributed by atoms with Crippen LogP contribution in [0.15, 0.2) is 36.0 Å². The predicted molar refractivity (Wildman–Crippen MR) is 78.6 cm³/mol. The minimum absolute atomic E-state index is 0.180. The SMILES string of the molecule is NC(=O)C1=CN(C(=O)Nc2ccc(Cl)cc2)CC[C@@H]1C(F)(F)F. The quantitative estimate of drug-likeness (QED) is 0.862. The number of benzene rings is 1. The molecule has 0 saturated carbocycles. The van der Waals surface area contributed by atoms with Crippen molar-refractivity contribution in [1.29, 1.82) is 0 Å². The molecule has 1 atom stereocenters. The van der Waals surface area contributed by atoms with Crippen LogP contribution in [0.25, 0.3) is 0 Å². The molecule has 1 aliphatic heterocycles. The molecule has 23 heavy (non-hydrogen) atoms. The topological polar surface area (TPSA) is 75.4 Å². The summed E-state index contributed by atoms with van der Waals surface area (Å²) in [5.74, 6) is -3.16. The largest absolute Gasteiger partial charge is 0.396 e. The van der Waals surface area contributed by atoms with E-state index in [1.54, 1.807) is 24.3 Å². The van der Waals surface area contributed by atoms with Gasteiger partial charge in [0.25, 0.3) is 0 Å². The van der Waals surface area contributed by atoms with E-state index in [2.05, 4.69) is 5.32 Å². The summed E-state index contributed by atoms with van der Waals surface area (Å²) in [6.07, 6.45) is -4.15. The number of carbonyl (C=O) groups is 2. The zero-order valence-corrected chi connectivity index (χ0v) is 12.5. The highest BCUT2D eigenvalue weighted by Gasteiger charge is 2.45. The van der Waals surface area contributed by atoms with E-state index in [4.69, 9.17) is 17.3 Å². The van der Waals surface area contributed by atoms with E-state index < -0.39 is 36.0 Å². The number of carbonyl (C=O) groups excluding carboxylic acids is 2. The van der Waals surface area contributed by atoms with E-state index in [-0.39, 0.29) is 6.54 Å². The molecule has 0 unspecified atom stereocenters. The minimum atomic E-state index is -4.58. The van der Waals surface area contributed by atoms with Crippen molar-refractivity contribution in [3.63, 3.8) is 0 Å². The fraction of sp³-hybridized carbons (Fsp3) is 0.286. The number of halogens is 4. The van der Waals surface area contributed by atoms with Gasteiger partial charge in [-0.1, -0.05) is 11.6 Å². The molecule has 9 heteroatoms. The van der Waals surface area contributed by atoms with Crippen molar-refractivity contribution in [2.24, 2.45) is 11.7 Å². The van der Waals surface area contributed by atoms with Gasteiger partial charge in [0.05, 0.1) is 5.92 Å². The Morgan fingerprint density at radius 3 is 2.39 bits per heavy atom. The Balaban J connectivity index is 2.17. The molecule has 0 aliphatic carbocycles. The van der Waals surface area contributed by atoms with E-state index in [0.29, 0.717) is 10.7 Å². The number of anilines is 1. The molecule has 0 bridgehead atoms. The van der Waals surface area contributed by atoms with Gasteiger partial charge in [0.1, 0.15) is 0 Å². The highest BCUT2D eigenvalue weighted by Crippen LogP contribution is 2.37. The third-order valence-electron chi connectivity index (χ3n) is 3.37. The summed E-state index contributed by atoms with van der Waals surface area (Å²) in [7, 11) is 0. The van der Waals surface area contributed by atoms with Gasteiger partial charge in [-0.3, -0.25) is 4.79 Å². The van der Waals surface area contributed by atoms with E-state index >= 15 is 0 Å². The molecule has 1 aromatic rings. The third kappa shape index (κ3) is 4.16. The molecular weight excluding hydrogens is 335 g/mol. The van der Waals surface area contributed by atoms with Gasteiger partial charge < -0.3 is 16.0 Å². The Morgan fingerprint density at radius 1 is 1.26 bits per heavy atom. The van der Waals surface area contributed by atoms with E-state index in [1.807, 2.05) is 0 Å². The molecule has 1 aromatic carbocycles. The van der Waals surface area contributed by atoms with Crippen LogP contribution in [-0.2, 0) is 4.79 Å². The molecule has 1 heterocycles. The van der Waals surface area contributed by atoms with Crippen molar-refractivity contribution in [2.75, 3.05) is 11.9 Å². The first-order valence-electron chi connectivity index (χ1n) is 6.60. The Bertz CT molecular complexity index is 644. The van der Waals surface area contributed by atoms with Crippen molar-refractivity contribution in [2.45, 2.75) is 12.6 Å². The highest BCUT2D eigenvalue weighted by atomic mass is 35.5. The van der Waals surface area contributed by atoms with Gasteiger partial charge in [0, 0.05) is 29.0 Å². The van der Waals surface area contributed by atoms with E-state index in [9.17, 15) is 22.8 Å². The molecule has 2 rings (SSSR count). The van der Waals surface area contributed by atoms with Crippen molar-refractivity contribution in [1.82, 2.24) is 4.90 Å². The highest BCUT2D eigenvalue weighted by molar-refractivity contribution is 6.30. The maximum absolute atomic E-state index is 12.9. The van der Waals surface area contributed by atoms with Gasteiger partial charge in [0.2, 0.25) is 5.91 Å². The molecule has 124 valence electrons. The number of hydrogen-bond acceptors (Lipinski definition) is 2. The molecule has 3 N–H and O–H groups in total. The second-order valence-electron chi connectivity index (χ2n) is 4.96. The van der Waals surface area contributed by atoms with Crippen molar-refractivity contribution < 1.29 is 22.8 Å². The lowest BCUT2D eigenvalue weighted by Crippen LogP contribution is -2.42. The summed E-state index contributed by atoms with van der Waals surface area (Å²) in [4.78, 5) is 24.3. The first kappa shape index (κ1) is 17.1. The molecule has 0 aromatic heterocycles. The number of rotatable bonds is 2. The van der Waals surface area contributed by atoms with Gasteiger partial charge in [0.15, 0.2) is 0 Å². The lowest BCUT2D eigenvalue weighted by molar-refractivity contribution is -0.169. The van der Waals surface area contributed by atoms with Gasteiger partial charge in [-0.15, -0.1) is 0 Å². The monoisotopic (exact) mass is 347 g/mol. The van der Waals surface area contributed by atoms with Crippen LogP contribution >= 0.6 is 11.6 Å². The maximum Gasteiger partial charge on any atom is 0.396 e. The van der Waals surface area contributed by atoms with E-state index in [0.717, 1.165) is 11.1 Å². The number of nitrogens with one attached hydrogen (secondary N) is 1. The van der Waals surface area contributed by atoms with Crippen LogP contribution in [0.5, 0.6) is 0 Å². The molecule has 5 nitrogen and oxygen atoms in total. The van der Waals surface area contributed by atoms with Crippen LogP contribution in [0.3, 0.4) is 0 Å². The van der Waals surface area contributed by atoms with Gasteiger partial charge in [-0.05, 0) is 30.7 Å². The second-order valence-corrected chi connectivity index (χ2v) is 5.40. The van der Waals surface area contributed by atoms with Crippen LogP contribution in [0.2, 0.25) is 5.02 Å². The lowest BCUT2D eigenvalue weighted by atomic mass is 9.92. The number of amides is 3. The minimum Gasteiger partial charge on any atom is -0.366 e. The lowest BCUT2D eigenvalue weighted by Gasteiger charge is -2.31. The summed E-state index contributed by atoms with van der Waals surface area (Å²) in [5.41, 5.74) is 4.80. The number of alkyl halides is 3. The van der Waals surface area contributed by atoms with Crippen LogP contribution in [-0.4, -0.2) is 29.6 Å². The Labute approximate surface area is 134 Å². The molecule has 0 spiro atoms. The maximum atomic E-state index is 12.9. The average Bonchev–Trinajstić information content (AvgIpc) is 2.48. The Morgan fingerprint density at radius 2 is 1.87 bits per heavy atom. The number of nitrogens with zero attached hydrogens (tertiary/aromatic N) is 1. The van der Waals surface area contributed by atoms with Crippen molar-refractivity contribution in [3.05, 3.63) is 41.1 Å². The standard InChI is InChI=1S/C14H13ClF3N3O2/c15-8-1-3-9(4-2-8)20-13(23)21-6-5-11(14(16,17)18)10(7-21)12(19)22/h1-4,7,11H,5-6H2,(H2,19,22)(H,20,23)/t11-/m0/s1. The number of primary amides is 1. The zero-order valence-electron chi connectivity index (χ0n) is 11.7. The first-order valence-corrected chi connectivity index (χ1v) is 6.97. The summed E-state index contributed by atoms with van der Waals surface area (Å²) < 4.78 is 38.7. The summed E-state index contributed by atoms with van der Waals surface area (Å²) in [6, 6.07) is 5.53. The van der Waals surface area contributed by atoms with Crippen LogP contribution < -0.4 is 11.1 Å². The van der Waals surface area contributed by atoms with Crippen LogP contribution in [0.1, 0.15) is 6.42 Å². The average molecular weight is 348 g/mol.